The van der Waals surface area contributed by atoms with Crippen LogP contribution in [0.1, 0.15) is 61.3 Å². The molecule has 0 fully saturated rings. The minimum absolute atomic E-state index is 0.0444. The van der Waals surface area contributed by atoms with Crippen LogP contribution in [0, 0.1) is 0 Å². The van der Waals surface area contributed by atoms with E-state index < -0.39 is 14.4 Å². The van der Waals surface area contributed by atoms with E-state index in [1.54, 1.807) is 13.0 Å². The zero-order valence-corrected chi connectivity index (χ0v) is 17.0. The molecule has 0 aromatic heterocycles. The SMILES string of the molecule is CC=CC(=O)OCCCC(C)(C)O[Si](C)(OC(C)C)OC(C)C. The third-order valence-corrected chi connectivity index (χ3v) is 5.55. The van der Waals surface area contributed by atoms with E-state index in [0.29, 0.717) is 6.61 Å². The van der Waals surface area contributed by atoms with Gasteiger partial charge in [0, 0.05) is 24.8 Å². The second-order valence-corrected chi connectivity index (χ2v) is 9.23. The zero-order chi connectivity index (χ0) is 18.1. The van der Waals surface area contributed by atoms with Gasteiger partial charge in [-0.1, -0.05) is 6.08 Å². The molecule has 0 aliphatic heterocycles. The van der Waals surface area contributed by atoms with Gasteiger partial charge in [0.1, 0.15) is 0 Å². The van der Waals surface area contributed by atoms with Gasteiger partial charge in [-0.3, -0.25) is 0 Å². The van der Waals surface area contributed by atoms with Gasteiger partial charge >= 0.3 is 14.8 Å². The zero-order valence-electron chi connectivity index (χ0n) is 16.0. The number of allylic oxidation sites excluding steroid dienone is 1. The monoisotopic (exact) mass is 346 g/mol. The van der Waals surface area contributed by atoms with Gasteiger partial charge in [-0.15, -0.1) is 0 Å². The van der Waals surface area contributed by atoms with Crippen molar-refractivity contribution < 1.29 is 22.8 Å². The van der Waals surface area contributed by atoms with Gasteiger partial charge in [-0.2, -0.15) is 0 Å². The van der Waals surface area contributed by atoms with Gasteiger partial charge in [0.25, 0.3) is 0 Å². The van der Waals surface area contributed by atoms with Crippen molar-refractivity contribution in [1.82, 2.24) is 0 Å². The Bertz CT molecular complexity index is 367. The molecule has 0 radical (unpaired) electrons. The summed E-state index contributed by atoms with van der Waals surface area (Å²) in [5.41, 5.74) is -0.405. The second-order valence-electron chi connectivity index (χ2n) is 6.83. The van der Waals surface area contributed by atoms with Crippen LogP contribution in [0.15, 0.2) is 12.2 Å². The quantitative estimate of drug-likeness (QED) is 0.244. The second kappa shape index (κ2) is 10.2. The Kier molecular flexibility index (Phi) is 9.92. The molecule has 0 unspecified atom stereocenters. The van der Waals surface area contributed by atoms with E-state index in [1.165, 1.54) is 6.08 Å². The molecular weight excluding hydrogens is 312 g/mol. The Morgan fingerprint density at radius 2 is 1.65 bits per heavy atom. The highest BCUT2D eigenvalue weighted by molar-refractivity contribution is 6.59. The Morgan fingerprint density at radius 3 is 2.09 bits per heavy atom. The number of rotatable bonds is 11. The molecule has 0 saturated carbocycles. The number of esters is 1. The minimum Gasteiger partial charge on any atom is -0.463 e. The molecule has 6 heteroatoms. The van der Waals surface area contributed by atoms with E-state index in [0.717, 1.165) is 12.8 Å². The summed E-state index contributed by atoms with van der Waals surface area (Å²) in [7, 11) is -2.72. The molecule has 0 spiro atoms. The maximum atomic E-state index is 11.3. The van der Waals surface area contributed by atoms with Crippen LogP contribution in [-0.2, 0) is 22.8 Å². The van der Waals surface area contributed by atoms with Crippen molar-refractivity contribution >= 4 is 14.8 Å². The summed E-state index contributed by atoms with van der Waals surface area (Å²) in [4.78, 5) is 11.3. The van der Waals surface area contributed by atoms with Gasteiger partial charge in [0.05, 0.1) is 12.2 Å². The minimum atomic E-state index is -2.72. The van der Waals surface area contributed by atoms with Gasteiger partial charge < -0.3 is 18.0 Å². The van der Waals surface area contributed by atoms with Gasteiger partial charge in [0.15, 0.2) is 0 Å². The molecule has 0 aromatic rings. The Hall–Kier alpha value is -0.693. The van der Waals surface area contributed by atoms with E-state index in [9.17, 15) is 4.79 Å². The lowest BCUT2D eigenvalue weighted by molar-refractivity contribution is -0.138. The first-order valence-corrected chi connectivity index (χ1v) is 10.6. The summed E-state index contributed by atoms with van der Waals surface area (Å²) < 4.78 is 23.3. The van der Waals surface area contributed by atoms with E-state index in [2.05, 4.69) is 0 Å². The molecule has 0 saturated heterocycles. The van der Waals surface area contributed by atoms with E-state index in [-0.39, 0.29) is 18.2 Å². The van der Waals surface area contributed by atoms with Crippen LogP contribution in [-0.4, -0.2) is 39.2 Å². The summed E-state index contributed by atoms with van der Waals surface area (Å²) in [5, 5.41) is 0. The van der Waals surface area contributed by atoms with Crippen molar-refractivity contribution in [3.8, 4) is 0 Å². The molecule has 0 aromatic carbocycles. The maximum absolute atomic E-state index is 11.3. The summed E-state index contributed by atoms with van der Waals surface area (Å²) in [6.45, 7) is 16.0. The predicted molar refractivity (Wildman–Crippen MR) is 94.2 cm³/mol. The molecule has 0 atom stereocenters. The lowest BCUT2D eigenvalue weighted by Crippen LogP contribution is -2.51. The smallest absolute Gasteiger partial charge is 0.463 e. The summed E-state index contributed by atoms with van der Waals surface area (Å²) in [6, 6.07) is 0. The standard InChI is InChI=1S/C17H34O5Si/c1-9-11-16(18)19-13-10-12-17(6,7)22-23(8,20-14(2)3)21-15(4)5/h9,11,14-15H,10,12-13H2,1-8H3. The number of ether oxygens (including phenoxy) is 1. The van der Waals surface area contributed by atoms with Crippen LogP contribution in [0.3, 0.4) is 0 Å². The molecule has 0 aliphatic rings. The first-order chi connectivity index (χ1) is 10.5. The van der Waals surface area contributed by atoms with Crippen molar-refractivity contribution in [3.05, 3.63) is 12.2 Å². The van der Waals surface area contributed by atoms with Crippen LogP contribution in [0.4, 0.5) is 0 Å². The molecule has 136 valence electrons. The van der Waals surface area contributed by atoms with E-state index in [4.69, 9.17) is 18.0 Å². The van der Waals surface area contributed by atoms with Crippen molar-refractivity contribution in [2.75, 3.05) is 6.61 Å². The van der Waals surface area contributed by atoms with Crippen LogP contribution in [0.5, 0.6) is 0 Å². The molecule has 23 heavy (non-hydrogen) atoms. The first-order valence-electron chi connectivity index (χ1n) is 8.35. The average molecular weight is 347 g/mol. The lowest BCUT2D eigenvalue weighted by atomic mass is 10.0. The van der Waals surface area contributed by atoms with Gasteiger partial charge in [0.2, 0.25) is 0 Å². The maximum Gasteiger partial charge on any atom is 0.498 e. The first kappa shape index (κ1) is 22.3. The molecule has 0 aliphatic carbocycles. The highest BCUT2D eigenvalue weighted by atomic mass is 28.4. The van der Waals surface area contributed by atoms with Crippen molar-refractivity contribution in [3.63, 3.8) is 0 Å². The Labute approximate surface area is 142 Å². The summed E-state index contributed by atoms with van der Waals surface area (Å²) >= 11 is 0. The fraction of sp³-hybridized carbons (Fsp3) is 0.824. The number of hydrogen-bond donors (Lipinski definition) is 0. The fourth-order valence-electron chi connectivity index (χ4n) is 2.34. The van der Waals surface area contributed by atoms with E-state index >= 15 is 0 Å². The van der Waals surface area contributed by atoms with Crippen LogP contribution < -0.4 is 0 Å². The normalized spacial score (nSPS) is 13.3. The average Bonchev–Trinajstić information content (AvgIpc) is 2.31. The highest BCUT2D eigenvalue weighted by Gasteiger charge is 2.42. The third kappa shape index (κ3) is 11.5. The topological polar surface area (TPSA) is 54.0 Å². The van der Waals surface area contributed by atoms with Crippen molar-refractivity contribution in [2.24, 2.45) is 0 Å². The molecular formula is C17H34O5Si. The van der Waals surface area contributed by atoms with Crippen molar-refractivity contribution in [1.29, 1.82) is 0 Å². The Morgan fingerprint density at radius 1 is 1.13 bits per heavy atom. The molecule has 0 rings (SSSR count). The van der Waals surface area contributed by atoms with Crippen LogP contribution in [0.2, 0.25) is 6.55 Å². The fourth-order valence-corrected chi connectivity index (χ4v) is 5.31. The van der Waals surface area contributed by atoms with Gasteiger partial charge in [-0.05, 0) is 61.3 Å². The lowest BCUT2D eigenvalue weighted by Gasteiger charge is -2.37. The molecule has 0 amide bonds. The largest absolute Gasteiger partial charge is 0.498 e. The number of carbonyl (C=O) groups excluding carboxylic acids is 1. The van der Waals surface area contributed by atoms with Crippen LogP contribution >= 0.6 is 0 Å². The highest BCUT2D eigenvalue weighted by Crippen LogP contribution is 2.26. The predicted octanol–water partition coefficient (Wildman–Crippen LogP) is 4.10. The van der Waals surface area contributed by atoms with E-state index in [1.807, 2.05) is 48.1 Å². The summed E-state index contributed by atoms with van der Waals surface area (Å²) in [6.07, 6.45) is 4.65. The molecule has 0 heterocycles. The molecule has 0 N–H and O–H groups in total. The number of carbonyl (C=O) groups is 1. The van der Waals surface area contributed by atoms with Crippen LogP contribution in [0.25, 0.3) is 0 Å². The van der Waals surface area contributed by atoms with Crippen molar-refractivity contribution in [2.45, 2.75) is 85.7 Å². The molecule has 0 bridgehead atoms. The summed E-state index contributed by atoms with van der Waals surface area (Å²) in [5.74, 6) is -0.309. The third-order valence-electron chi connectivity index (χ3n) is 2.83. The number of hydrogen-bond acceptors (Lipinski definition) is 5. The Balaban J connectivity index is 4.50. The van der Waals surface area contributed by atoms with Gasteiger partial charge in [-0.25, -0.2) is 4.79 Å². The molecule has 5 nitrogen and oxygen atoms in total.